The highest BCUT2D eigenvalue weighted by molar-refractivity contribution is 6.31. The predicted octanol–water partition coefficient (Wildman–Crippen LogP) is 2.77. The van der Waals surface area contributed by atoms with Crippen molar-refractivity contribution >= 4 is 17.4 Å². The topological polar surface area (TPSA) is 85.6 Å². The molecule has 0 heterocycles. The standard InChI is InChI=1S/C15H12ClF3N4O/c16-13-7-11(4-5-12(13)15(17,18)19)24-8-9-2-1-3-10(6-9)14(20)22-23-21/h1-7H,8H2,(H3,20,21,22)/p+1. The first-order valence-electron chi connectivity index (χ1n) is 6.63. The second-order valence-electron chi connectivity index (χ2n) is 4.73. The van der Waals surface area contributed by atoms with E-state index < -0.39 is 16.8 Å². The van der Waals surface area contributed by atoms with Crippen LogP contribution < -0.4 is 16.0 Å². The van der Waals surface area contributed by atoms with Crippen LogP contribution in [0.3, 0.4) is 0 Å². The van der Waals surface area contributed by atoms with E-state index >= 15 is 0 Å². The number of rotatable bonds is 4. The zero-order chi connectivity index (χ0) is 17.7. The van der Waals surface area contributed by atoms with Crippen LogP contribution in [0.15, 0.2) is 52.8 Å². The molecule has 24 heavy (non-hydrogen) atoms. The van der Waals surface area contributed by atoms with Gasteiger partial charge in [0.25, 0.3) is 0 Å². The number of hydrogen-bond donors (Lipinski definition) is 2. The van der Waals surface area contributed by atoms with Gasteiger partial charge in [0.15, 0.2) is 0 Å². The molecule has 126 valence electrons. The molecule has 0 aliphatic carbocycles. The summed E-state index contributed by atoms with van der Waals surface area (Å²) in [6, 6.07) is 10.1. The maximum absolute atomic E-state index is 12.6. The van der Waals surface area contributed by atoms with Crippen molar-refractivity contribution < 1.29 is 23.3 Å². The molecular formula is C15H13ClF3N4O+. The molecule has 0 amide bonds. The SMILES string of the molecule is NN=NC(=[NH2+])c1cccc(COc2ccc(C(F)(F)F)c(Cl)c2)c1. The summed E-state index contributed by atoms with van der Waals surface area (Å²) in [5, 5.41) is 11.9. The fourth-order valence-electron chi connectivity index (χ4n) is 1.92. The minimum atomic E-state index is -4.51. The van der Waals surface area contributed by atoms with Gasteiger partial charge in [0.1, 0.15) is 12.4 Å². The Labute approximate surface area is 140 Å². The van der Waals surface area contributed by atoms with E-state index in [0.29, 0.717) is 5.56 Å². The molecule has 5 nitrogen and oxygen atoms in total. The lowest BCUT2D eigenvalue weighted by molar-refractivity contribution is -0.137. The number of benzene rings is 2. The highest BCUT2D eigenvalue weighted by atomic mass is 35.5. The third-order valence-electron chi connectivity index (χ3n) is 3.04. The zero-order valence-corrected chi connectivity index (χ0v) is 13.0. The average Bonchev–Trinajstić information content (AvgIpc) is 2.52. The van der Waals surface area contributed by atoms with Gasteiger partial charge in [0.05, 0.1) is 21.3 Å². The molecule has 0 bridgehead atoms. The monoisotopic (exact) mass is 357 g/mol. The van der Waals surface area contributed by atoms with E-state index in [0.717, 1.165) is 17.7 Å². The molecule has 0 unspecified atom stereocenters. The third-order valence-corrected chi connectivity index (χ3v) is 3.35. The zero-order valence-electron chi connectivity index (χ0n) is 12.2. The van der Waals surface area contributed by atoms with Crippen molar-refractivity contribution in [2.45, 2.75) is 12.8 Å². The van der Waals surface area contributed by atoms with Crippen LogP contribution in [0, 0.1) is 0 Å². The summed E-state index contributed by atoms with van der Waals surface area (Å²) in [6.45, 7) is 0.114. The summed E-state index contributed by atoms with van der Waals surface area (Å²) in [7, 11) is 0. The molecule has 4 N–H and O–H groups in total. The molecule has 0 atom stereocenters. The van der Waals surface area contributed by atoms with E-state index in [4.69, 9.17) is 27.6 Å². The van der Waals surface area contributed by atoms with Gasteiger partial charge in [-0.2, -0.15) is 13.2 Å². The number of hydrogen-bond acceptors (Lipinski definition) is 2. The first kappa shape index (κ1) is 17.7. The fourth-order valence-corrected chi connectivity index (χ4v) is 2.20. The highest BCUT2D eigenvalue weighted by Gasteiger charge is 2.33. The summed E-state index contributed by atoms with van der Waals surface area (Å²) in [4.78, 5) is 0. The van der Waals surface area contributed by atoms with E-state index in [2.05, 4.69) is 10.3 Å². The molecule has 0 aliphatic heterocycles. The Kier molecular flexibility index (Phi) is 5.40. The van der Waals surface area contributed by atoms with Gasteiger partial charge in [0.2, 0.25) is 0 Å². The van der Waals surface area contributed by atoms with Crippen LogP contribution in [-0.2, 0) is 12.8 Å². The normalized spacial score (nSPS) is 11.7. The summed E-state index contributed by atoms with van der Waals surface area (Å²) in [5.74, 6) is 5.29. The Balaban J connectivity index is 2.10. The summed E-state index contributed by atoms with van der Waals surface area (Å²) in [6.07, 6.45) is -4.51. The maximum atomic E-state index is 12.6. The van der Waals surface area contributed by atoms with Crippen LogP contribution in [0.1, 0.15) is 16.7 Å². The van der Waals surface area contributed by atoms with Crippen molar-refractivity contribution in [3.63, 3.8) is 0 Å². The Morgan fingerprint density at radius 3 is 2.58 bits per heavy atom. The largest absolute Gasteiger partial charge is 0.489 e. The third kappa shape index (κ3) is 4.45. The smallest absolute Gasteiger partial charge is 0.417 e. The predicted molar refractivity (Wildman–Crippen MR) is 82.3 cm³/mol. The first-order valence-corrected chi connectivity index (χ1v) is 7.01. The van der Waals surface area contributed by atoms with Gasteiger partial charge in [-0.05, 0) is 35.9 Å². The van der Waals surface area contributed by atoms with Crippen molar-refractivity contribution in [2.75, 3.05) is 0 Å². The molecule has 2 aromatic rings. The number of halogens is 4. The van der Waals surface area contributed by atoms with Crippen molar-refractivity contribution in [1.29, 1.82) is 0 Å². The molecule has 0 saturated heterocycles. The van der Waals surface area contributed by atoms with E-state index in [1.165, 1.54) is 6.07 Å². The molecule has 2 rings (SSSR count). The van der Waals surface area contributed by atoms with Gasteiger partial charge >= 0.3 is 12.0 Å². The number of ether oxygens (including phenoxy) is 1. The summed E-state index contributed by atoms with van der Waals surface area (Å²) >= 11 is 5.64. The van der Waals surface area contributed by atoms with Crippen LogP contribution in [0.5, 0.6) is 5.75 Å². The van der Waals surface area contributed by atoms with Crippen LogP contribution >= 0.6 is 11.6 Å². The van der Waals surface area contributed by atoms with E-state index in [1.54, 1.807) is 24.3 Å². The molecule has 0 saturated carbocycles. The molecule has 2 aromatic carbocycles. The quantitative estimate of drug-likeness (QED) is 0.290. The van der Waals surface area contributed by atoms with Gasteiger partial charge in [-0.3, -0.25) is 11.3 Å². The van der Waals surface area contributed by atoms with Gasteiger partial charge < -0.3 is 4.74 Å². The van der Waals surface area contributed by atoms with Gasteiger partial charge in [-0.25, -0.2) is 0 Å². The Bertz CT molecular complexity index is 778. The van der Waals surface area contributed by atoms with Gasteiger partial charge in [0, 0.05) is 5.22 Å². The molecule has 0 spiro atoms. The van der Waals surface area contributed by atoms with Crippen molar-refractivity contribution in [3.8, 4) is 5.75 Å². The lowest BCUT2D eigenvalue weighted by Gasteiger charge is -2.11. The number of nitrogens with zero attached hydrogens (tertiary/aromatic N) is 2. The van der Waals surface area contributed by atoms with Gasteiger partial charge in [-0.15, -0.1) is 0 Å². The van der Waals surface area contributed by atoms with Crippen LogP contribution in [0.25, 0.3) is 0 Å². The van der Waals surface area contributed by atoms with Crippen LogP contribution in [-0.4, -0.2) is 5.84 Å². The summed E-state index contributed by atoms with van der Waals surface area (Å²) < 4.78 is 43.4. The second-order valence-corrected chi connectivity index (χ2v) is 5.14. The average molecular weight is 358 g/mol. The minimum absolute atomic E-state index is 0.114. The van der Waals surface area contributed by atoms with E-state index in [-0.39, 0.29) is 18.2 Å². The number of nitrogens with two attached hydrogens (primary N) is 2. The first-order chi connectivity index (χ1) is 11.3. The summed E-state index contributed by atoms with van der Waals surface area (Å²) in [5.41, 5.74) is 0.419. The molecule has 0 fully saturated rings. The van der Waals surface area contributed by atoms with Crippen molar-refractivity contribution in [2.24, 2.45) is 16.2 Å². The lowest BCUT2D eigenvalue weighted by Crippen LogP contribution is -2.39. The Morgan fingerprint density at radius 1 is 1.21 bits per heavy atom. The van der Waals surface area contributed by atoms with E-state index in [9.17, 15) is 13.2 Å². The van der Waals surface area contributed by atoms with E-state index in [1.807, 2.05) is 0 Å². The lowest BCUT2D eigenvalue weighted by atomic mass is 10.1. The fraction of sp³-hybridized carbons (Fsp3) is 0.133. The van der Waals surface area contributed by atoms with Crippen molar-refractivity contribution in [1.82, 2.24) is 0 Å². The Morgan fingerprint density at radius 2 is 1.96 bits per heavy atom. The number of alkyl halides is 3. The molecular weight excluding hydrogens is 345 g/mol. The molecule has 0 radical (unpaired) electrons. The van der Waals surface area contributed by atoms with Crippen LogP contribution in [0.2, 0.25) is 5.02 Å². The second kappa shape index (κ2) is 7.31. The van der Waals surface area contributed by atoms with Crippen molar-refractivity contribution in [3.05, 3.63) is 64.2 Å². The highest BCUT2D eigenvalue weighted by Crippen LogP contribution is 2.36. The molecule has 0 aromatic heterocycles. The molecule has 9 heteroatoms. The minimum Gasteiger partial charge on any atom is -0.489 e. The Hall–Kier alpha value is -2.61. The molecule has 0 aliphatic rings. The number of amidine groups is 1. The maximum Gasteiger partial charge on any atom is 0.417 e. The van der Waals surface area contributed by atoms with Crippen LogP contribution in [0.4, 0.5) is 13.2 Å². The van der Waals surface area contributed by atoms with Gasteiger partial charge in [-0.1, -0.05) is 23.7 Å².